The van der Waals surface area contributed by atoms with Crippen molar-refractivity contribution in [1.29, 1.82) is 0 Å². The Morgan fingerprint density at radius 1 is 1.25 bits per heavy atom. The predicted molar refractivity (Wildman–Crippen MR) is 106 cm³/mol. The number of amides is 1. The molecule has 1 amide bonds. The standard InChI is InChI=1S/C20H19N7O/c1-21-19(28)14-4-2-3-13(9-14)15-11-18-22-7-8-27(18)20(23-15)24-17-10-16(25-26-17)12-5-6-12/h2-4,7-12H,5-6H2,1H3,(H,21,28)(H2,23,24,25,26). The van der Waals surface area contributed by atoms with Crippen LogP contribution in [-0.2, 0) is 0 Å². The van der Waals surface area contributed by atoms with Crippen LogP contribution >= 0.6 is 0 Å². The average molecular weight is 373 g/mol. The van der Waals surface area contributed by atoms with Crippen molar-refractivity contribution in [2.24, 2.45) is 0 Å². The summed E-state index contributed by atoms with van der Waals surface area (Å²) in [5.74, 6) is 1.80. The Balaban J connectivity index is 1.54. The van der Waals surface area contributed by atoms with Crippen LogP contribution in [0.25, 0.3) is 16.9 Å². The monoisotopic (exact) mass is 373 g/mol. The van der Waals surface area contributed by atoms with E-state index in [1.807, 2.05) is 40.9 Å². The first-order chi connectivity index (χ1) is 13.7. The molecule has 1 saturated carbocycles. The minimum atomic E-state index is -0.133. The molecule has 0 atom stereocenters. The molecule has 1 aliphatic carbocycles. The summed E-state index contributed by atoms with van der Waals surface area (Å²) in [4.78, 5) is 21.1. The summed E-state index contributed by atoms with van der Waals surface area (Å²) in [6, 6.07) is 11.3. The molecule has 1 aliphatic rings. The van der Waals surface area contributed by atoms with E-state index in [4.69, 9.17) is 4.98 Å². The molecule has 0 aliphatic heterocycles. The Labute approximate surface area is 161 Å². The van der Waals surface area contributed by atoms with Gasteiger partial charge in [-0.15, -0.1) is 0 Å². The van der Waals surface area contributed by atoms with Gasteiger partial charge >= 0.3 is 0 Å². The summed E-state index contributed by atoms with van der Waals surface area (Å²) in [6.07, 6.45) is 6.00. The molecule has 0 saturated heterocycles. The molecule has 3 N–H and O–H groups in total. The summed E-state index contributed by atoms with van der Waals surface area (Å²) in [7, 11) is 1.62. The molecule has 8 heteroatoms. The third-order valence-corrected chi connectivity index (χ3v) is 4.89. The molecule has 8 nitrogen and oxygen atoms in total. The zero-order valence-electron chi connectivity index (χ0n) is 15.3. The maximum Gasteiger partial charge on any atom is 0.251 e. The molecule has 3 aromatic heterocycles. The van der Waals surface area contributed by atoms with Gasteiger partial charge in [0.2, 0.25) is 5.95 Å². The van der Waals surface area contributed by atoms with Crippen LogP contribution in [-0.4, -0.2) is 37.5 Å². The first-order valence-electron chi connectivity index (χ1n) is 9.20. The van der Waals surface area contributed by atoms with Crippen molar-refractivity contribution in [2.75, 3.05) is 12.4 Å². The molecule has 4 aromatic rings. The smallest absolute Gasteiger partial charge is 0.251 e. The van der Waals surface area contributed by atoms with Crippen LogP contribution < -0.4 is 10.6 Å². The van der Waals surface area contributed by atoms with Crippen molar-refractivity contribution in [1.82, 2.24) is 29.9 Å². The van der Waals surface area contributed by atoms with Gasteiger partial charge in [-0.1, -0.05) is 12.1 Å². The van der Waals surface area contributed by atoms with Gasteiger partial charge in [-0.05, 0) is 25.0 Å². The molecule has 1 aromatic carbocycles. The molecule has 3 heterocycles. The minimum Gasteiger partial charge on any atom is -0.355 e. The molecule has 28 heavy (non-hydrogen) atoms. The van der Waals surface area contributed by atoms with Gasteiger partial charge in [0.05, 0.1) is 5.69 Å². The van der Waals surface area contributed by atoms with Crippen LogP contribution in [0.5, 0.6) is 0 Å². The number of carbonyl (C=O) groups is 1. The number of aromatic nitrogens is 5. The number of nitrogens with zero attached hydrogens (tertiary/aromatic N) is 4. The Morgan fingerprint density at radius 3 is 2.96 bits per heavy atom. The predicted octanol–water partition coefficient (Wildman–Crippen LogP) is 3.10. The van der Waals surface area contributed by atoms with E-state index < -0.39 is 0 Å². The van der Waals surface area contributed by atoms with Gasteiger partial charge in [0.25, 0.3) is 5.91 Å². The van der Waals surface area contributed by atoms with Crippen molar-refractivity contribution in [3.63, 3.8) is 0 Å². The van der Waals surface area contributed by atoms with E-state index in [0.29, 0.717) is 17.4 Å². The Bertz CT molecular complexity index is 1170. The molecule has 0 bridgehead atoms. The number of H-pyrrole nitrogens is 1. The number of nitrogens with one attached hydrogen (secondary N) is 3. The fraction of sp³-hybridized carbons (Fsp3) is 0.200. The van der Waals surface area contributed by atoms with Gasteiger partial charge in [-0.2, -0.15) is 5.10 Å². The second-order valence-corrected chi connectivity index (χ2v) is 6.89. The second-order valence-electron chi connectivity index (χ2n) is 6.89. The van der Waals surface area contributed by atoms with Crippen molar-refractivity contribution >= 4 is 23.3 Å². The molecule has 0 unspecified atom stereocenters. The number of imidazole rings is 1. The zero-order chi connectivity index (χ0) is 19.1. The summed E-state index contributed by atoms with van der Waals surface area (Å²) in [6.45, 7) is 0. The fourth-order valence-corrected chi connectivity index (χ4v) is 3.24. The fourth-order valence-electron chi connectivity index (χ4n) is 3.24. The van der Waals surface area contributed by atoms with Crippen molar-refractivity contribution in [3.8, 4) is 11.3 Å². The van der Waals surface area contributed by atoms with Crippen LogP contribution in [0.15, 0.2) is 48.8 Å². The summed E-state index contributed by atoms with van der Waals surface area (Å²) in [5, 5.41) is 13.4. The molecule has 0 radical (unpaired) electrons. The van der Waals surface area contributed by atoms with Crippen molar-refractivity contribution < 1.29 is 4.79 Å². The summed E-state index contributed by atoms with van der Waals surface area (Å²) < 4.78 is 1.87. The third kappa shape index (κ3) is 2.98. The van der Waals surface area contributed by atoms with Crippen LogP contribution in [0.3, 0.4) is 0 Å². The number of benzene rings is 1. The van der Waals surface area contributed by atoms with Gasteiger partial charge in [-0.25, -0.2) is 9.97 Å². The number of hydrogen-bond donors (Lipinski definition) is 3. The van der Waals surface area contributed by atoms with E-state index in [9.17, 15) is 4.79 Å². The molecule has 0 spiro atoms. The van der Waals surface area contributed by atoms with Gasteiger partial charge in [0, 0.05) is 54.3 Å². The van der Waals surface area contributed by atoms with Gasteiger partial charge in [0.1, 0.15) is 5.65 Å². The number of carbonyl (C=O) groups excluding carboxylic acids is 1. The SMILES string of the molecule is CNC(=O)c1cccc(-c2cc3nccn3c(Nc3cc(C4CC4)[nH]n3)n2)c1. The van der Waals surface area contributed by atoms with Gasteiger partial charge < -0.3 is 10.6 Å². The third-order valence-electron chi connectivity index (χ3n) is 4.89. The molecular formula is C20H19N7O. The largest absolute Gasteiger partial charge is 0.355 e. The van der Waals surface area contributed by atoms with Gasteiger partial charge in [-0.3, -0.25) is 14.3 Å². The second kappa shape index (κ2) is 6.49. The lowest BCUT2D eigenvalue weighted by Gasteiger charge is -2.09. The molecule has 5 rings (SSSR count). The highest BCUT2D eigenvalue weighted by atomic mass is 16.1. The first-order valence-corrected chi connectivity index (χ1v) is 9.20. The van der Waals surface area contributed by atoms with Crippen LogP contribution in [0.2, 0.25) is 0 Å². The van der Waals surface area contributed by atoms with E-state index in [1.54, 1.807) is 19.3 Å². The highest BCUT2D eigenvalue weighted by Gasteiger charge is 2.25. The van der Waals surface area contributed by atoms with Crippen LogP contribution in [0.1, 0.15) is 34.8 Å². The van der Waals surface area contributed by atoms with Gasteiger partial charge in [0.15, 0.2) is 5.82 Å². The zero-order valence-corrected chi connectivity index (χ0v) is 15.3. The maximum absolute atomic E-state index is 12.0. The normalized spacial score (nSPS) is 13.6. The number of fused-ring (bicyclic) bond motifs is 1. The van der Waals surface area contributed by atoms with E-state index in [0.717, 1.165) is 28.4 Å². The minimum absolute atomic E-state index is 0.133. The maximum atomic E-state index is 12.0. The van der Waals surface area contributed by atoms with Crippen molar-refractivity contribution in [3.05, 3.63) is 60.0 Å². The molecule has 1 fully saturated rings. The lowest BCUT2D eigenvalue weighted by molar-refractivity contribution is 0.0963. The quantitative estimate of drug-likeness (QED) is 0.499. The lowest BCUT2D eigenvalue weighted by Crippen LogP contribution is -2.17. The number of anilines is 2. The Hall–Kier alpha value is -3.68. The van der Waals surface area contributed by atoms with Crippen LogP contribution in [0.4, 0.5) is 11.8 Å². The van der Waals surface area contributed by atoms with E-state index in [2.05, 4.69) is 25.8 Å². The molecule has 140 valence electrons. The van der Waals surface area contributed by atoms with E-state index in [-0.39, 0.29) is 5.91 Å². The van der Waals surface area contributed by atoms with E-state index >= 15 is 0 Å². The van der Waals surface area contributed by atoms with Crippen LogP contribution in [0, 0.1) is 0 Å². The van der Waals surface area contributed by atoms with E-state index in [1.165, 1.54) is 12.8 Å². The molecular weight excluding hydrogens is 354 g/mol. The Morgan fingerprint density at radius 2 is 2.14 bits per heavy atom. The highest BCUT2D eigenvalue weighted by molar-refractivity contribution is 5.95. The average Bonchev–Trinajstić information content (AvgIpc) is 3.28. The summed E-state index contributed by atoms with van der Waals surface area (Å²) in [5.41, 5.74) is 4.07. The number of hydrogen-bond acceptors (Lipinski definition) is 5. The first kappa shape index (κ1) is 16.5. The summed E-state index contributed by atoms with van der Waals surface area (Å²) >= 11 is 0. The van der Waals surface area contributed by atoms with Crippen molar-refractivity contribution in [2.45, 2.75) is 18.8 Å². The lowest BCUT2D eigenvalue weighted by atomic mass is 10.1. The highest BCUT2D eigenvalue weighted by Crippen LogP contribution is 2.39. The Kier molecular flexibility index (Phi) is 3.82. The number of aromatic amines is 1. The number of rotatable bonds is 5. The topological polar surface area (TPSA) is 100 Å².